The lowest BCUT2D eigenvalue weighted by molar-refractivity contribution is 0.122. The number of guanidine groups is 1. The predicted octanol–water partition coefficient (Wildman–Crippen LogP) is 2.59. The van der Waals surface area contributed by atoms with Crippen molar-refractivity contribution in [2.45, 2.75) is 6.54 Å². The number of halogens is 1. The highest BCUT2D eigenvalue weighted by atomic mass is 19.1. The standard InChI is InChI=1S/C18H21FN4O/c19-16-12-14(6-7-17(16)23-8-10-24-11-9-23)13-21-18(20)22-15-4-2-1-3-5-15/h1-7,12H,8-11,13H2,(H3,20,21,22). The number of nitrogens with one attached hydrogen (secondary N) is 1. The van der Waals surface area contributed by atoms with Gasteiger partial charge in [-0.2, -0.15) is 0 Å². The van der Waals surface area contributed by atoms with Gasteiger partial charge in [0.2, 0.25) is 0 Å². The molecule has 0 unspecified atom stereocenters. The molecule has 1 aliphatic heterocycles. The first kappa shape index (κ1) is 16.3. The van der Waals surface area contributed by atoms with Gasteiger partial charge in [0.05, 0.1) is 25.4 Å². The third-order valence-corrected chi connectivity index (χ3v) is 3.84. The third kappa shape index (κ3) is 4.23. The van der Waals surface area contributed by atoms with Crippen LogP contribution in [0.4, 0.5) is 15.8 Å². The molecule has 0 atom stereocenters. The molecule has 1 saturated heterocycles. The Labute approximate surface area is 140 Å². The zero-order chi connectivity index (χ0) is 16.8. The summed E-state index contributed by atoms with van der Waals surface area (Å²) in [6, 6.07) is 14.8. The maximum Gasteiger partial charge on any atom is 0.193 e. The van der Waals surface area contributed by atoms with E-state index in [2.05, 4.69) is 10.3 Å². The molecule has 0 spiro atoms. The molecule has 0 amide bonds. The second-order valence-corrected chi connectivity index (χ2v) is 5.58. The van der Waals surface area contributed by atoms with Crippen LogP contribution in [-0.4, -0.2) is 32.3 Å². The van der Waals surface area contributed by atoms with Gasteiger partial charge in [0.25, 0.3) is 0 Å². The van der Waals surface area contributed by atoms with Crippen molar-refractivity contribution in [2.75, 3.05) is 36.5 Å². The molecule has 0 aromatic heterocycles. The number of benzene rings is 2. The lowest BCUT2D eigenvalue weighted by Gasteiger charge is -2.29. The topological polar surface area (TPSA) is 62.9 Å². The van der Waals surface area contributed by atoms with Crippen LogP contribution in [0.25, 0.3) is 0 Å². The van der Waals surface area contributed by atoms with Crippen molar-refractivity contribution >= 4 is 17.3 Å². The zero-order valence-corrected chi connectivity index (χ0v) is 13.4. The van der Waals surface area contributed by atoms with Crippen LogP contribution < -0.4 is 16.0 Å². The zero-order valence-electron chi connectivity index (χ0n) is 13.4. The maximum atomic E-state index is 14.3. The van der Waals surface area contributed by atoms with Gasteiger partial charge in [0.15, 0.2) is 5.96 Å². The Morgan fingerprint density at radius 3 is 2.62 bits per heavy atom. The molecule has 5 nitrogen and oxygen atoms in total. The normalized spacial score (nSPS) is 15.4. The van der Waals surface area contributed by atoms with Gasteiger partial charge in [-0.1, -0.05) is 24.3 Å². The first-order valence-electron chi connectivity index (χ1n) is 7.95. The molecule has 0 bridgehead atoms. The molecule has 1 aliphatic rings. The van der Waals surface area contributed by atoms with Crippen molar-refractivity contribution in [1.82, 2.24) is 0 Å². The number of hydrogen-bond acceptors (Lipinski definition) is 3. The molecule has 3 N–H and O–H groups in total. The molecule has 126 valence electrons. The van der Waals surface area contributed by atoms with Gasteiger partial charge >= 0.3 is 0 Å². The van der Waals surface area contributed by atoms with E-state index in [1.165, 1.54) is 6.07 Å². The number of anilines is 2. The number of aliphatic imine (C=N–C) groups is 1. The summed E-state index contributed by atoms with van der Waals surface area (Å²) in [7, 11) is 0. The van der Waals surface area contributed by atoms with Gasteiger partial charge in [-0.05, 0) is 29.8 Å². The van der Waals surface area contributed by atoms with E-state index in [-0.39, 0.29) is 5.82 Å². The number of ether oxygens (including phenoxy) is 1. The second kappa shape index (κ2) is 7.79. The van der Waals surface area contributed by atoms with E-state index in [0.29, 0.717) is 44.5 Å². The summed E-state index contributed by atoms with van der Waals surface area (Å²) in [5.74, 6) is 0.0676. The van der Waals surface area contributed by atoms with Gasteiger partial charge in [0, 0.05) is 18.8 Å². The fourth-order valence-corrected chi connectivity index (χ4v) is 2.59. The summed E-state index contributed by atoms with van der Waals surface area (Å²) < 4.78 is 19.6. The van der Waals surface area contributed by atoms with Gasteiger partial charge in [-0.15, -0.1) is 0 Å². The summed E-state index contributed by atoms with van der Waals surface area (Å²) >= 11 is 0. The van der Waals surface area contributed by atoms with Crippen LogP contribution in [0.5, 0.6) is 0 Å². The number of hydrogen-bond donors (Lipinski definition) is 2. The summed E-state index contributed by atoms with van der Waals surface area (Å²) in [5, 5.41) is 3.00. The molecule has 24 heavy (non-hydrogen) atoms. The minimum absolute atomic E-state index is 0.237. The molecule has 2 aromatic carbocycles. The van der Waals surface area contributed by atoms with E-state index < -0.39 is 0 Å². The van der Waals surface area contributed by atoms with Crippen molar-refractivity contribution < 1.29 is 9.13 Å². The van der Waals surface area contributed by atoms with Crippen LogP contribution in [0.3, 0.4) is 0 Å². The molecular formula is C18H21FN4O. The van der Waals surface area contributed by atoms with Gasteiger partial charge in [-0.25, -0.2) is 9.38 Å². The van der Waals surface area contributed by atoms with Gasteiger partial charge in [-0.3, -0.25) is 0 Å². The molecule has 1 heterocycles. The van der Waals surface area contributed by atoms with Crippen molar-refractivity contribution in [3.63, 3.8) is 0 Å². The lowest BCUT2D eigenvalue weighted by atomic mass is 10.1. The summed E-state index contributed by atoms with van der Waals surface area (Å²) in [6.45, 7) is 3.01. The third-order valence-electron chi connectivity index (χ3n) is 3.84. The number of morpholine rings is 1. The van der Waals surface area contributed by atoms with Crippen LogP contribution in [0.2, 0.25) is 0 Å². The summed E-state index contributed by atoms with van der Waals surface area (Å²) in [4.78, 5) is 6.25. The minimum atomic E-state index is -0.237. The summed E-state index contributed by atoms with van der Waals surface area (Å²) in [5.41, 5.74) is 8.12. The Morgan fingerprint density at radius 1 is 1.17 bits per heavy atom. The average molecular weight is 328 g/mol. The van der Waals surface area contributed by atoms with E-state index >= 15 is 0 Å². The van der Waals surface area contributed by atoms with Gasteiger partial charge in [0.1, 0.15) is 5.82 Å². The number of para-hydroxylation sites is 1. The fraction of sp³-hybridized carbons (Fsp3) is 0.278. The highest BCUT2D eigenvalue weighted by Crippen LogP contribution is 2.22. The number of rotatable bonds is 4. The first-order chi connectivity index (χ1) is 11.7. The minimum Gasteiger partial charge on any atom is -0.378 e. The van der Waals surface area contributed by atoms with Crippen LogP contribution in [0.1, 0.15) is 5.56 Å². The Balaban J connectivity index is 1.63. The molecule has 6 heteroatoms. The van der Waals surface area contributed by atoms with E-state index in [1.807, 2.05) is 41.3 Å². The molecule has 0 radical (unpaired) electrons. The smallest absolute Gasteiger partial charge is 0.193 e. The van der Waals surface area contributed by atoms with Crippen LogP contribution in [0.15, 0.2) is 53.5 Å². The number of nitrogens with two attached hydrogens (primary N) is 1. The van der Waals surface area contributed by atoms with E-state index in [9.17, 15) is 4.39 Å². The molecule has 0 saturated carbocycles. The molecule has 0 aliphatic carbocycles. The van der Waals surface area contributed by atoms with Crippen molar-refractivity contribution in [2.24, 2.45) is 10.7 Å². The van der Waals surface area contributed by atoms with Crippen molar-refractivity contribution in [1.29, 1.82) is 0 Å². The maximum absolute atomic E-state index is 14.3. The Hall–Kier alpha value is -2.60. The Kier molecular flexibility index (Phi) is 5.28. The molecule has 3 rings (SSSR count). The largest absolute Gasteiger partial charge is 0.378 e. The fourth-order valence-electron chi connectivity index (χ4n) is 2.59. The molecule has 2 aromatic rings. The first-order valence-corrected chi connectivity index (χ1v) is 7.95. The Bertz CT molecular complexity index is 699. The molecule has 1 fully saturated rings. The van der Waals surface area contributed by atoms with Crippen molar-refractivity contribution in [3.05, 3.63) is 59.9 Å². The highest BCUT2D eigenvalue weighted by molar-refractivity contribution is 5.92. The molecular weight excluding hydrogens is 307 g/mol. The SMILES string of the molecule is NC(=NCc1ccc(N2CCOCC2)c(F)c1)Nc1ccccc1. The van der Waals surface area contributed by atoms with Crippen LogP contribution in [0, 0.1) is 5.82 Å². The second-order valence-electron chi connectivity index (χ2n) is 5.58. The van der Waals surface area contributed by atoms with E-state index in [1.54, 1.807) is 6.07 Å². The summed E-state index contributed by atoms with van der Waals surface area (Å²) in [6.07, 6.45) is 0. The predicted molar refractivity (Wildman–Crippen MR) is 94.8 cm³/mol. The lowest BCUT2D eigenvalue weighted by Crippen LogP contribution is -2.36. The number of nitrogens with zero attached hydrogens (tertiary/aromatic N) is 2. The quantitative estimate of drug-likeness (QED) is 0.669. The van der Waals surface area contributed by atoms with E-state index in [4.69, 9.17) is 10.5 Å². The average Bonchev–Trinajstić information content (AvgIpc) is 2.62. The van der Waals surface area contributed by atoms with Gasteiger partial charge < -0.3 is 20.7 Å². The van der Waals surface area contributed by atoms with Crippen LogP contribution in [-0.2, 0) is 11.3 Å². The van der Waals surface area contributed by atoms with Crippen LogP contribution >= 0.6 is 0 Å². The monoisotopic (exact) mass is 328 g/mol. The Morgan fingerprint density at radius 2 is 1.92 bits per heavy atom. The highest BCUT2D eigenvalue weighted by Gasteiger charge is 2.15. The van der Waals surface area contributed by atoms with Crippen molar-refractivity contribution in [3.8, 4) is 0 Å². The van der Waals surface area contributed by atoms with E-state index in [0.717, 1.165) is 11.3 Å².